The molecule has 1 N–H and O–H groups in total. The van der Waals surface area contributed by atoms with E-state index in [-0.39, 0.29) is 0 Å². The van der Waals surface area contributed by atoms with Crippen molar-refractivity contribution < 1.29 is 0 Å². The third-order valence-corrected chi connectivity index (χ3v) is 3.61. The van der Waals surface area contributed by atoms with Crippen molar-refractivity contribution in [3.63, 3.8) is 0 Å². The zero-order valence-electron chi connectivity index (χ0n) is 11.4. The number of aryl methyl sites for hydroxylation is 1. The molecular formula is C14H22N4. The Morgan fingerprint density at radius 1 is 1.50 bits per heavy atom. The van der Waals surface area contributed by atoms with Crippen LogP contribution in [0.5, 0.6) is 0 Å². The van der Waals surface area contributed by atoms with Gasteiger partial charge in [-0.25, -0.2) is 4.98 Å². The summed E-state index contributed by atoms with van der Waals surface area (Å²) in [6, 6.07) is 2.40. The maximum atomic E-state index is 9.37. The lowest BCUT2D eigenvalue weighted by molar-refractivity contribution is 0.381. The monoisotopic (exact) mass is 246 g/mol. The van der Waals surface area contributed by atoms with Crippen LogP contribution in [0.15, 0.2) is 6.33 Å². The van der Waals surface area contributed by atoms with Crippen LogP contribution in [0, 0.1) is 11.3 Å². The molecule has 4 nitrogen and oxygen atoms in total. The Morgan fingerprint density at radius 3 is 3.00 bits per heavy atom. The van der Waals surface area contributed by atoms with Crippen molar-refractivity contribution in [3.8, 4) is 6.07 Å². The maximum absolute atomic E-state index is 9.37. The first kappa shape index (κ1) is 13.1. The standard InChI is InChI=1S/C14H22N4/c1-3-8-17-14(2,9-15)10-18-11-16-12-6-4-5-7-13(12)18/h11,17H,3-8,10H2,1-2H3. The highest BCUT2D eigenvalue weighted by Gasteiger charge is 2.26. The Balaban J connectivity index is 2.12. The summed E-state index contributed by atoms with van der Waals surface area (Å²) in [7, 11) is 0. The molecule has 2 rings (SSSR count). The number of imidazole rings is 1. The minimum Gasteiger partial charge on any atom is -0.331 e. The molecule has 0 radical (unpaired) electrons. The Kier molecular flexibility index (Phi) is 4.03. The fourth-order valence-electron chi connectivity index (χ4n) is 2.54. The Hall–Kier alpha value is -1.34. The van der Waals surface area contributed by atoms with Gasteiger partial charge in [0.05, 0.1) is 24.6 Å². The molecule has 1 unspecified atom stereocenters. The van der Waals surface area contributed by atoms with Gasteiger partial charge in [-0.2, -0.15) is 5.26 Å². The first-order chi connectivity index (χ1) is 8.68. The molecule has 1 aromatic rings. The second-order valence-corrected chi connectivity index (χ2v) is 5.34. The summed E-state index contributed by atoms with van der Waals surface area (Å²) in [4.78, 5) is 4.48. The van der Waals surface area contributed by atoms with Crippen LogP contribution in [0.1, 0.15) is 44.5 Å². The van der Waals surface area contributed by atoms with Crippen LogP contribution in [0.2, 0.25) is 0 Å². The topological polar surface area (TPSA) is 53.6 Å². The molecule has 0 bridgehead atoms. The number of nitriles is 1. The number of rotatable bonds is 5. The van der Waals surface area contributed by atoms with E-state index in [4.69, 9.17) is 0 Å². The van der Waals surface area contributed by atoms with Crippen molar-refractivity contribution in [1.82, 2.24) is 14.9 Å². The molecule has 18 heavy (non-hydrogen) atoms. The molecule has 4 heteroatoms. The minimum absolute atomic E-state index is 0.498. The van der Waals surface area contributed by atoms with E-state index >= 15 is 0 Å². The van der Waals surface area contributed by atoms with E-state index in [1.807, 2.05) is 13.3 Å². The van der Waals surface area contributed by atoms with Crippen molar-refractivity contribution >= 4 is 0 Å². The molecule has 0 aromatic carbocycles. The zero-order chi connectivity index (χ0) is 13.0. The van der Waals surface area contributed by atoms with Crippen LogP contribution < -0.4 is 5.32 Å². The highest BCUT2D eigenvalue weighted by molar-refractivity contribution is 5.18. The van der Waals surface area contributed by atoms with E-state index in [1.54, 1.807) is 0 Å². The molecule has 98 valence electrons. The average Bonchev–Trinajstić information content (AvgIpc) is 2.80. The van der Waals surface area contributed by atoms with Gasteiger partial charge in [0.25, 0.3) is 0 Å². The third-order valence-electron chi connectivity index (χ3n) is 3.61. The van der Waals surface area contributed by atoms with Gasteiger partial charge < -0.3 is 4.57 Å². The van der Waals surface area contributed by atoms with Crippen molar-refractivity contribution in [2.45, 2.75) is 58.0 Å². The average molecular weight is 246 g/mol. The van der Waals surface area contributed by atoms with Gasteiger partial charge in [-0.15, -0.1) is 0 Å². The maximum Gasteiger partial charge on any atom is 0.122 e. The van der Waals surface area contributed by atoms with Crippen molar-refractivity contribution in [2.24, 2.45) is 0 Å². The summed E-state index contributed by atoms with van der Waals surface area (Å²) >= 11 is 0. The summed E-state index contributed by atoms with van der Waals surface area (Å²) in [6.45, 7) is 5.65. The van der Waals surface area contributed by atoms with Crippen LogP contribution in [0.4, 0.5) is 0 Å². The van der Waals surface area contributed by atoms with Gasteiger partial charge in [0.2, 0.25) is 0 Å². The van der Waals surface area contributed by atoms with Gasteiger partial charge in [0.15, 0.2) is 0 Å². The Morgan fingerprint density at radius 2 is 2.28 bits per heavy atom. The lowest BCUT2D eigenvalue weighted by Gasteiger charge is -2.25. The molecule has 1 aliphatic rings. The lowest BCUT2D eigenvalue weighted by atomic mass is 9.99. The molecule has 0 saturated heterocycles. The highest BCUT2D eigenvalue weighted by Crippen LogP contribution is 2.21. The van der Waals surface area contributed by atoms with Crippen molar-refractivity contribution in [1.29, 1.82) is 5.26 Å². The minimum atomic E-state index is -0.498. The quantitative estimate of drug-likeness (QED) is 0.865. The second kappa shape index (κ2) is 5.53. The number of hydrogen-bond acceptors (Lipinski definition) is 3. The normalized spacial score (nSPS) is 17.8. The van der Waals surface area contributed by atoms with E-state index in [1.165, 1.54) is 24.2 Å². The summed E-state index contributed by atoms with van der Waals surface area (Å²) < 4.78 is 2.17. The highest BCUT2D eigenvalue weighted by atomic mass is 15.1. The summed E-state index contributed by atoms with van der Waals surface area (Å²) in [5, 5.41) is 12.7. The van der Waals surface area contributed by atoms with Crippen LogP contribution >= 0.6 is 0 Å². The number of fused-ring (bicyclic) bond motifs is 1. The summed E-state index contributed by atoms with van der Waals surface area (Å²) in [5.74, 6) is 0. The Bertz CT molecular complexity index is 443. The molecule has 1 aromatic heterocycles. The van der Waals surface area contributed by atoms with Gasteiger partial charge in [0, 0.05) is 5.69 Å². The predicted octanol–water partition coefficient (Wildman–Crippen LogP) is 2.04. The number of hydrogen-bond donors (Lipinski definition) is 1. The second-order valence-electron chi connectivity index (χ2n) is 5.34. The molecule has 1 atom stereocenters. The van der Waals surface area contributed by atoms with E-state index in [9.17, 15) is 5.26 Å². The van der Waals surface area contributed by atoms with Gasteiger partial charge in [0.1, 0.15) is 5.54 Å². The Labute approximate surface area is 109 Å². The molecule has 0 fully saturated rings. The zero-order valence-corrected chi connectivity index (χ0v) is 11.4. The van der Waals surface area contributed by atoms with E-state index < -0.39 is 5.54 Å². The fourth-order valence-corrected chi connectivity index (χ4v) is 2.54. The SMILES string of the molecule is CCCNC(C)(C#N)Cn1cnc2c1CCCC2. The van der Waals surface area contributed by atoms with E-state index in [0.717, 1.165) is 25.8 Å². The first-order valence-corrected chi connectivity index (χ1v) is 6.87. The van der Waals surface area contributed by atoms with Crippen LogP contribution in [0.25, 0.3) is 0 Å². The number of nitrogens with zero attached hydrogens (tertiary/aromatic N) is 3. The molecule has 0 aliphatic heterocycles. The molecule has 0 amide bonds. The molecular weight excluding hydrogens is 224 g/mol. The summed E-state index contributed by atoms with van der Waals surface area (Å²) in [6.07, 6.45) is 7.62. The smallest absolute Gasteiger partial charge is 0.122 e. The van der Waals surface area contributed by atoms with Crippen LogP contribution in [0.3, 0.4) is 0 Å². The fraction of sp³-hybridized carbons (Fsp3) is 0.714. The summed E-state index contributed by atoms with van der Waals surface area (Å²) in [5.41, 5.74) is 2.07. The first-order valence-electron chi connectivity index (χ1n) is 6.87. The molecule has 0 saturated carbocycles. The van der Waals surface area contributed by atoms with Gasteiger partial charge in [-0.05, 0) is 45.6 Å². The number of nitrogens with one attached hydrogen (secondary N) is 1. The van der Waals surface area contributed by atoms with Crippen molar-refractivity contribution in [2.75, 3.05) is 6.54 Å². The van der Waals surface area contributed by atoms with Gasteiger partial charge in [-0.3, -0.25) is 5.32 Å². The molecule has 1 heterocycles. The largest absolute Gasteiger partial charge is 0.331 e. The van der Waals surface area contributed by atoms with E-state index in [0.29, 0.717) is 6.54 Å². The number of aromatic nitrogens is 2. The molecule has 0 spiro atoms. The third kappa shape index (κ3) is 2.73. The predicted molar refractivity (Wildman–Crippen MR) is 71.2 cm³/mol. The van der Waals surface area contributed by atoms with Crippen LogP contribution in [-0.2, 0) is 19.4 Å². The van der Waals surface area contributed by atoms with Gasteiger partial charge >= 0.3 is 0 Å². The van der Waals surface area contributed by atoms with E-state index in [2.05, 4.69) is 27.9 Å². The lowest BCUT2D eigenvalue weighted by Crippen LogP contribution is -2.45. The van der Waals surface area contributed by atoms with Crippen molar-refractivity contribution in [3.05, 3.63) is 17.7 Å². The van der Waals surface area contributed by atoms with Gasteiger partial charge in [-0.1, -0.05) is 6.92 Å². The molecule has 1 aliphatic carbocycles. The van der Waals surface area contributed by atoms with Crippen LogP contribution in [-0.4, -0.2) is 21.6 Å².